The fourth-order valence-electron chi connectivity index (χ4n) is 1.82. The Morgan fingerprint density at radius 2 is 2.20 bits per heavy atom. The molecule has 0 saturated carbocycles. The zero-order valence-electron chi connectivity index (χ0n) is 6.56. The summed E-state index contributed by atoms with van der Waals surface area (Å²) in [6.45, 7) is 2.25. The highest BCUT2D eigenvalue weighted by Gasteiger charge is 2.31. The first-order valence-corrected chi connectivity index (χ1v) is 4.14. The quantitative estimate of drug-likeness (QED) is 0.447. The summed E-state index contributed by atoms with van der Waals surface area (Å²) < 4.78 is 0. The molecule has 0 aromatic heterocycles. The molecule has 0 heteroatoms. The Morgan fingerprint density at radius 1 is 1.40 bits per heavy atom. The van der Waals surface area contributed by atoms with Crippen LogP contribution in [-0.2, 0) is 0 Å². The van der Waals surface area contributed by atoms with Gasteiger partial charge < -0.3 is 0 Å². The van der Waals surface area contributed by atoms with Crippen molar-refractivity contribution < 1.29 is 0 Å². The van der Waals surface area contributed by atoms with Crippen LogP contribution in [-0.4, -0.2) is 0 Å². The molecule has 0 fully saturated rings. The largest absolute Gasteiger partial charge is 0.0871 e. The van der Waals surface area contributed by atoms with Crippen LogP contribution in [0.5, 0.6) is 0 Å². The molecule has 0 heterocycles. The summed E-state index contributed by atoms with van der Waals surface area (Å²) in [5, 5.41) is 0. The second-order valence-electron chi connectivity index (χ2n) is 3.72. The van der Waals surface area contributed by atoms with Gasteiger partial charge in [-0.25, -0.2) is 0 Å². The van der Waals surface area contributed by atoms with E-state index in [2.05, 4.69) is 25.2 Å². The third kappa shape index (κ3) is 0.828. The molecule has 10 heavy (non-hydrogen) atoms. The maximum Gasteiger partial charge on any atom is -0.00462 e. The molecule has 2 aliphatic carbocycles. The molecule has 0 N–H and O–H groups in total. The van der Waals surface area contributed by atoms with E-state index in [9.17, 15) is 0 Å². The van der Waals surface area contributed by atoms with Crippen LogP contribution in [0.3, 0.4) is 0 Å². The first kappa shape index (κ1) is 6.21. The molecule has 2 aliphatic rings. The summed E-state index contributed by atoms with van der Waals surface area (Å²) in [6, 6.07) is 0. The zero-order valence-corrected chi connectivity index (χ0v) is 6.56. The monoisotopic (exact) mass is 134 g/mol. The van der Waals surface area contributed by atoms with Crippen molar-refractivity contribution in [2.45, 2.75) is 32.6 Å². The Balaban J connectivity index is 2.12. The van der Waals surface area contributed by atoms with Crippen LogP contribution in [0.15, 0.2) is 23.8 Å². The molecule has 0 aromatic carbocycles. The van der Waals surface area contributed by atoms with Crippen LogP contribution >= 0.6 is 0 Å². The summed E-state index contributed by atoms with van der Waals surface area (Å²) >= 11 is 0. The van der Waals surface area contributed by atoms with E-state index in [0.29, 0.717) is 5.41 Å². The van der Waals surface area contributed by atoms with Crippen molar-refractivity contribution in [3.8, 4) is 0 Å². The first-order valence-electron chi connectivity index (χ1n) is 4.14. The molecular weight excluding hydrogens is 120 g/mol. The predicted molar refractivity (Wildman–Crippen MR) is 43.8 cm³/mol. The predicted octanol–water partition coefficient (Wildman–Crippen LogP) is 3.06. The minimum atomic E-state index is 0.625. The van der Waals surface area contributed by atoms with Crippen molar-refractivity contribution in [3.05, 3.63) is 23.8 Å². The highest BCUT2D eigenvalue weighted by Crippen LogP contribution is 2.45. The minimum Gasteiger partial charge on any atom is -0.0871 e. The van der Waals surface area contributed by atoms with Crippen LogP contribution in [0.25, 0.3) is 0 Å². The summed E-state index contributed by atoms with van der Waals surface area (Å²) in [6.07, 6.45) is 12.5. The van der Waals surface area contributed by atoms with E-state index in [-0.39, 0.29) is 0 Å². The Kier molecular flexibility index (Phi) is 1.23. The molecule has 0 radical (unpaired) electrons. The third-order valence-corrected chi connectivity index (χ3v) is 2.87. The van der Waals surface area contributed by atoms with Crippen LogP contribution in [0.4, 0.5) is 0 Å². The smallest absolute Gasteiger partial charge is 0.00462 e. The van der Waals surface area contributed by atoms with E-state index in [1.165, 1.54) is 25.7 Å². The molecule has 0 amide bonds. The van der Waals surface area contributed by atoms with Crippen LogP contribution in [0.2, 0.25) is 0 Å². The van der Waals surface area contributed by atoms with Crippen molar-refractivity contribution in [2.24, 2.45) is 5.41 Å². The van der Waals surface area contributed by atoms with E-state index in [0.717, 1.165) is 0 Å². The third-order valence-electron chi connectivity index (χ3n) is 2.87. The van der Waals surface area contributed by atoms with E-state index in [1.807, 2.05) is 0 Å². The van der Waals surface area contributed by atoms with Gasteiger partial charge in [-0.05, 0) is 38.0 Å². The van der Waals surface area contributed by atoms with Gasteiger partial charge in [-0.2, -0.15) is 0 Å². The van der Waals surface area contributed by atoms with Crippen molar-refractivity contribution >= 4 is 0 Å². The van der Waals surface area contributed by atoms with Gasteiger partial charge in [-0.1, -0.05) is 23.8 Å². The lowest BCUT2D eigenvalue weighted by atomic mass is 9.67. The van der Waals surface area contributed by atoms with Crippen LogP contribution in [0, 0.1) is 5.41 Å². The number of hydrogen-bond donors (Lipinski definition) is 0. The van der Waals surface area contributed by atoms with E-state index in [1.54, 1.807) is 5.57 Å². The molecule has 0 aromatic rings. The lowest BCUT2D eigenvalue weighted by Crippen LogP contribution is -2.24. The maximum absolute atomic E-state index is 2.41. The SMILES string of the molecule is CC1=CCC2(C=CC2)CC1. The number of allylic oxidation sites excluding steroid dienone is 4. The standard InChI is InChI=1S/C10H14/c1-9-3-7-10(8-4-9)5-2-6-10/h2-3,5H,4,6-8H2,1H3. The lowest BCUT2D eigenvalue weighted by molar-refractivity contribution is 0.311. The zero-order chi connectivity index (χ0) is 7.03. The van der Waals surface area contributed by atoms with E-state index >= 15 is 0 Å². The van der Waals surface area contributed by atoms with E-state index in [4.69, 9.17) is 0 Å². The topological polar surface area (TPSA) is 0 Å². The molecule has 0 aliphatic heterocycles. The lowest BCUT2D eigenvalue weighted by Gasteiger charge is -2.37. The van der Waals surface area contributed by atoms with Gasteiger partial charge in [0.15, 0.2) is 0 Å². The molecule has 1 atom stereocenters. The van der Waals surface area contributed by atoms with Gasteiger partial charge in [-0.15, -0.1) is 0 Å². The molecule has 2 rings (SSSR count). The fourth-order valence-corrected chi connectivity index (χ4v) is 1.82. The average Bonchev–Trinajstić information content (AvgIpc) is 1.86. The molecule has 1 spiro atoms. The normalized spacial score (nSPS) is 37.5. The molecule has 0 nitrogen and oxygen atoms in total. The Hall–Kier alpha value is -0.520. The van der Waals surface area contributed by atoms with Crippen LogP contribution in [0.1, 0.15) is 32.6 Å². The molecule has 0 saturated heterocycles. The van der Waals surface area contributed by atoms with E-state index < -0.39 is 0 Å². The van der Waals surface area contributed by atoms with Gasteiger partial charge in [0.05, 0.1) is 0 Å². The first-order chi connectivity index (χ1) is 4.81. The van der Waals surface area contributed by atoms with Crippen molar-refractivity contribution in [1.29, 1.82) is 0 Å². The summed E-state index contributed by atoms with van der Waals surface area (Å²) in [5.41, 5.74) is 2.21. The van der Waals surface area contributed by atoms with Crippen LogP contribution < -0.4 is 0 Å². The van der Waals surface area contributed by atoms with Gasteiger partial charge in [-0.3, -0.25) is 0 Å². The Morgan fingerprint density at radius 3 is 2.60 bits per heavy atom. The molecule has 1 unspecified atom stereocenters. The second kappa shape index (κ2) is 1.98. The Bertz CT molecular complexity index is 198. The molecule has 54 valence electrons. The highest BCUT2D eigenvalue weighted by atomic mass is 14.4. The molecule has 0 bridgehead atoms. The summed E-state index contributed by atoms with van der Waals surface area (Å²) in [4.78, 5) is 0. The van der Waals surface area contributed by atoms with Crippen molar-refractivity contribution in [2.75, 3.05) is 0 Å². The van der Waals surface area contributed by atoms with Gasteiger partial charge in [0.2, 0.25) is 0 Å². The number of rotatable bonds is 0. The van der Waals surface area contributed by atoms with Gasteiger partial charge in [0.1, 0.15) is 0 Å². The second-order valence-corrected chi connectivity index (χ2v) is 3.72. The highest BCUT2D eigenvalue weighted by molar-refractivity contribution is 5.20. The Labute approximate surface area is 62.6 Å². The van der Waals surface area contributed by atoms with Gasteiger partial charge in [0, 0.05) is 0 Å². The van der Waals surface area contributed by atoms with Gasteiger partial charge >= 0.3 is 0 Å². The fraction of sp³-hybridized carbons (Fsp3) is 0.600. The van der Waals surface area contributed by atoms with Crippen molar-refractivity contribution in [3.63, 3.8) is 0 Å². The minimum absolute atomic E-state index is 0.625. The summed E-state index contributed by atoms with van der Waals surface area (Å²) in [7, 11) is 0. The maximum atomic E-state index is 2.41. The summed E-state index contributed by atoms with van der Waals surface area (Å²) in [5.74, 6) is 0. The average molecular weight is 134 g/mol. The van der Waals surface area contributed by atoms with Gasteiger partial charge in [0.25, 0.3) is 0 Å². The van der Waals surface area contributed by atoms with Crippen molar-refractivity contribution in [1.82, 2.24) is 0 Å². The molecular formula is C10H14. The number of hydrogen-bond acceptors (Lipinski definition) is 0.